The van der Waals surface area contributed by atoms with E-state index in [1.165, 1.54) is 0 Å². The number of hydrogen-bond acceptors (Lipinski definition) is 5. The number of rotatable bonds is 5. The van der Waals surface area contributed by atoms with Crippen molar-refractivity contribution in [2.45, 2.75) is 19.9 Å². The minimum Gasteiger partial charge on any atom is -0.351 e. The van der Waals surface area contributed by atoms with E-state index in [4.69, 9.17) is 0 Å². The Bertz CT molecular complexity index is 606. The molecule has 0 aliphatic heterocycles. The highest BCUT2D eigenvalue weighted by atomic mass is 16.1. The van der Waals surface area contributed by atoms with Crippen LogP contribution in [-0.2, 0) is 7.05 Å². The molecule has 7 nitrogen and oxygen atoms in total. The average molecular weight is 288 g/mol. The summed E-state index contributed by atoms with van der Waals surface area (Å²) >= 11 is 0. The van der Waals surface area contributed by atoms with Gasteiger partial charge in [0.15, 0.2) is 11.5 Å². The van der Waals surface area contributed by atoms with Gasteiger partial charge in [0.05, 0.1) is 12.2 Å². The molecule has 1 amide bonds. The number of carbonyl (C=O) groups is 1. The van der Waals surface area contributed by atoms with Gasteiger partial charge in [-0.3, -0.25) is 9.48 Å². The van der Waals surface area contributed by atoms with Crippen LogP contribution in [0.5, 0.6) is 0 Å². The van der Waals surface area contributed by atoms with Gasteiger partial charge in [-0.1, -0.05) is 0 Å². The van der Waals surface area contributed by atoms with Crippen molar-refractivity contribution in [3.05, 3.63) is 35.8 Å². The summed E-state index contributed by atoms with van der Waals surface area (Å²) in [6.45, 7) is 4.50. The first-order valence-electron chi connectivity index (χ1n) is 6.86. The van der Waals surface area contributed by atoms with E-state index in [1.54, 1.807) is 16.8 Å². The lowest BCUT2D eigenvalue weighted by molar-refractivity contribution is 0.0950. The first-order valence-corrected chi connectivity index (χ1v) is 6.86. The molecular weight excluding hydrogens is 268 g/mol. The number of nitrogens with one attached hydrogen (secondary N) is 1. The fourth-order valence-electron chi connectivity index (χ4n) is 1.96. The van der Waals surface area contributed by atoms with Gasteiger partial charge >= 0.3 is 0 Å². The molecule has 0 saturated heterocycles. The second kappa shape index (κ2) is 6.34. The van der Waals surface area contributed by atoms with Crippen molar-refractivity contribution >= 4 is 11.7 Å². The van der Waals surface area contributed by atoms with Crippen molar-refractivity contribution in [2.75, 3.05) is 18.5 Å². The number of nitrogens with zero attached hydrogens (tertiary/aromatic N) is 5. The van der Waals surface area contributed by atoms with Crippen LogP contribution in [0.15, 0.2) is 24.5 Å². The summed E-state index contributed by atoms with van der Waals surface area (Å²) in [5.41, 5.74) is 1.41. The maximum atomic E-state index is 11.6. The molecule has 1 N–H and O–H groups in total. The number of hydrogen-bond donors (Lipinski definition) is 1. The maximum Gasteiger partial charge on any atom is 0.271 e. The lowest BCUT2D eigenvalue weighted by Crippen LogP contribution is -2.26. The summed E-state index contributed by atoms with van der Waals surface area (Å²) in [6, 6.07) is 3.59. The van der Waals surface area contributed by atoms with Crippen LogP contribution in [0.1, 0.15) is 35.9 Å². The summed E-state index contributed by atoms with van der Waals surface area (Å²) in [5.74, 6) is 0.499. The Balaban J connectivity index is 2.12. The monoisotopic (exact) mass is 288 g/mol. The first kappa shape index (κ1) is 15.0. The van der Waals surface area contributed by atoms with E-state index in [0.29, 0.717) is 18.1 Å². The van der Waals surface area contributed by atoms with Crippen LogP contribution >= 0.6 is 0 Å². The molecule has 0 radical (unpaired) electrons. The maximum absolute atomic E-state index is 11.6. The first-order chi connectivity index (χ1) is 10.0. The topological polar surface area (TPSA) is 75.9 Å². The summed E-state index contributed by atoms with van der Waals surface area (Å²) in [6.07, 6.45) is 3.80. The zero-order chi connectivity index (χ0) is 15.4. The summed E-state index contributed by atoms with van der Waals surface area (Å²) < 4.78 is 1.77. The third-order valence-corrected chi connectivity index (χ3v) is 3.37. The van der Waals surface area contributed by atoms with Crippen molar-refractivity contribution in [1.29, 1.82) is 0 Å². The molecule has 2 heterocycles. The van der Waals surface area contributed by atoms with Gasteiger partial charge in [-0.15, -0.1) is 10.2 Å². The molecule has 0 spiro atoms. The number of anilines is 1. The van der Waals surface area contributed by atoms with Crippen LogP contribution < -0.4 is 10.2 Å². The van der Waals surface area contributed by atoms with Crippen LogP contribution in [0, 0.1) is 0 Å². The van der Waals surface area contributed by atoms with E-state index in [1.807, 2.05) is 38.3 Å². The van der Waals surface area contributed by atoms with E-state index in [2.05, 4.69) is 27.5 Å². The largest absolute Gasteiger partial charge is 0.351 e. The highest BCUT2D eigenvalue weighted by molar-refractivity contribution is 5.92. The zero-order valence-corrected chi connectivity index (χ0v) is 12.7. The van der Waals surface area contributed by atoms with E-state index in [-0.39, 0.29) is 11.9 Å². The molecule has 0 aliphatic rings. The van der Waals surface area contributed by atoms with Crippen LogP contribution in [0.3, 0.4) is 0 Å². The Morgan fingerprint density at radius 2 is 2.19 bits per heavy atom. The van der Waals surface area contributed by atoms with Crippen LogP contribution in [0.4, 0.5) is 5.82 Å². The van der Waals surface area contributed by atoms with Gasteiger partial charge in [0.1, 0.15) is 0 Å². The summed E-state index contributed by atoms with van der Waals surface area (Å²) in [7, 11) is 3.82. The number of carbonyl (C=O) groups excluding carboxylic acids is 1. The highest BCUT2D eigenvalue weighted by Gasteiger charge is 2.16. The molecule has 0 aliphatic carbocycles. The van der Waals surface area contributed by atoms with Gasteiger partial charge in [-0.2, -0.15) is 5.10 Å². The predicted molar refractivity (Wildman–Crippen MR) is 80.1 cm³/mol. The Morgan fingerprint density at radius 1 is 1.43 bits per heavy atom. The molecule has 2 aromatic rings. The zero-order valence-electron chi connectivity index (χ0n) is 12.7. The minimum absolute atomic E-state index is 0.114. The Kier molecular flexibility index (Phi) is 4.52. The smallest absolute Gasteiger partial charge is 0.271 e. The highest BCUT2D eigenvalue weighted by Crippen LogP contribution is 2.22. The molecule has 112 valence electrons. The van der Waals surface area contributed by atoms with Gasteiger partial charge in [0, 0.05) is 32.4 Å². The Labute approximate surface area is 124 Å². The van der Waals surface area contributed by atoms with Crippen molar-refractivity contribution in [3.63, 3.8) is 0 Å². The molecule has 2 aromatic heterocycles. The van der Waals surface area contributed by atoms with Crippen molar-refractivity contribution in [2.24, 2.45) is 7.05 Å². The number of aryl methyl sites for hydroxylation is 1. The van der Waals surface area contributed by atoms with E-state index in [0.717, 1.165) is 5.56 Å². The standard InChI is InChI=1S/C14H20N6O/c1-5-15-14(21)12-6-7-13(18-17-12)20(4)10(2)11-8-16-19(3)9-11/h6-10H,5H2,1-4H3,(H,15,21). The molecule has 0 bridgehead atoms. The van der Waals surface area contributed by atoms with E-state index in [9.17, 15) is 4.79 Å². The molecule has 0 fully saturated rings. The summed E-state index contributed by atoms with van der Waals surface area (Å²) in [5, 5.41) is 15.0. The van der Waals surface area contributed by atoms with E-state index >= 15 is 0 Å². The van der Waals surface area contributed by atoms with Gasteiger partial charge in [-0.25, -0.2) is 0 Å². The second-order valence-corrected chi connectivity index (χ2v) is 4.87. The molecule has 1 unspecified atom stereocenters. The van der Waals surface area contributed by atoms with Crippen molar-refractivity contribution in [3.8, 4) is 0 Å². The molecular formula is C14H20N6O. The lowest BCUT2D eigenvalue weighted by Gasteiger charge is -2.24. The molecule has 21 heavy (non-hydrogen) atoms. The number of aromatic nitrogens is 4. The molecule has 1 atom stereocenters. The second-order valence-electron chi connectivity index (χ2n) is 4.87. The lowest BCUT2D eigenvalue weighted by atomic mass is 10.1. The Morgan fingerprint density at radius 3 is 2.71 bits per heavy atom. The van der Waals surface area contributed by atoms with Gasteiger partial charge in [0.2, 0.25) is 0 Å². The van der Waals surface area contributed by atoms with E-state index < -0.39 is 0 Å². The molecule has 2 rings (SSSR count). The molecule has 0 aromatic carbocycles. The third kappa shape index (κ3) is 3.36. The van der Waals surface area contributed by atoms with Crippen LogP contribution in [-0.4, -0.2) is 39.5 Å². The molecule has 0 saturated carbocycles. The predicted octanol–water partition coefficient (Wildman–Crippen LogP) is 1.16. The average Bonchev–Trinajstić information content (AvgIpc) is 2.92. The SMILES string of the molecule is CCNC(=O)c1ccc(N(C)C(C)c2cnn(C)c2)nn1. The van der Waals surface area contributed by atoms with Gasteiger partial charge < -0.3 is 10.2 Å². The Hall–Kier alpha value is -2.44. The van der Waals surface area contributed by atoms with Crippen molar-refractivity contribution < 1.29 is 4.79 Å². The fourth-order valence-corrected chi connectivity index (χ4v) is 1.96. The van der Waals surface area contributed by atoms with Crippen molar-refractivity contribution in [1.82, 2.24) is 25.3 Å². The third-order valence-electron chi connectivity index (χ3n) is 3.37. The quantitative estimate of drug-likeness (QED) is 0.893. The fraction of sp³-hybridized carbons (Fsp3) is 0.429. The number of amides is 1. The van der Waals surface area contributed by atoms with Gasteiger partial charge in [0.25, 0.3) is 5.91 Å². The van der Waals surface area contributed by atoms with Gasteiger partial charge in [-0.05, 0) is 26.0 Å². The van der Waals surface area contributed by atoms with Crippen LogP contribution in [0.2, 0.25) is 0 Å². The molecule has 7 heteroatoms. The summed E-state index contributed by atoms with van der Waals surface area (Å²) in [4.78, 5) is 13.6. The minimum atomic E-state index is -0.209. The van der Waals surface area contributed by atoms with Crippen LogP contribution in [0.25, 0.3) is 0 Å². The normalized spacial score (nSPS) is 12.0.